The molecule has 2 atom stereocenters. The Morgan fingerprint density at radius 2 is 1.95 bits per heavy atom. The van der Waals surface area contributed by atoms with Crippen LogP contribution in [0.1, 0.15) is 42.9 Å². The lowest BCUT2D eigenvalue weighted by Crippen LogP contribution is -2.36. The lowest BCUT2D eigenvalue weighted by Gasteiger charge is -2.25. The Morgan fingerprint density at radius 3 is 2.57 bits per heavy atom. The van der Waals surface area contributed by atoms with Crippen molar-refractivity contribution < 1.29 is 0 Å². The van der Waals surface area contributed by atoms with E-state index in [1.54, 1.807) is 0 Å². The van der Waals surface area contributed by atoms with Gasteiger partial charge < -0.3 is 4.90 Å². The molecule has 1 saturated heterocycles. The van der Waals surface area contributed by atoms with Crippen LogP contribution < -0.4 is 0 Å². The van der Waals surface area contributed by atoms with Crippen LogP contribution in [0.4, 0.5) is 0 Å². The monoisotopic (exact) mass is 288 g/mol. The maximum Gasteiger partial charge on any atom is 0.0537 e. The topological polar surface area (TPSA) is 24.3 Å². The third kappa shape index (κ3) is 2.64. The van der Waals surface area contributed by atoms with Gasteiger partial charge in [0.25, 0.3) is 0 Å². The summed E-state index contributed by atoms with van der Waals surface area (Å²) < 4.78 is 2.12. The van der Waals surface area contributed by atoms with E-state index in [4.69, 9.17) is 0 Å². The Labute approximate surface area is 128 Å². The number of hydrogen-bond donors (Lipinski definition) is 0. The SMILES string of the molecule is CN(C)C1CN(Cc2cnn(C)c2C2CC2)CC1C1CC1. The van der Waals surface area contributed by atoms with E-state index in [0.29, 0.717) is 0 Å². The lowest BCUT2D eigenvalue weighted by molar-refractivity contribution is 0.233. The van der Waals surface area contributed by atoms with E-state index in [1.807, 2.05) is 0 Å². The molecular formula is C17H28N4. The smallest absolute Gasteiger partial charge is 0.0537 e. The van der Waals surface area contributed by atoms with Gasteiger partial charge in [0, 0.05) is 49.9 Å². The number of likely N-dealkylation sites (tertiary alicyclic amines) is 1. The quantitative estimate of drug-likeness (QED) is 0.829. The van der Waals surface area contributed by atoms with Gasteiger partial charge in [-0.3, -0.25) is 9.58 Å². The van der Waals surface area contributed by atoms with E-state index < -0.39 is 0 Å². The second kappa shape index (κ2) is 5.10. The molecule has 2 saturated carbocycles. The molecule has 0 aromatic carbocycles. The fourth-order valence-electron chi connectivity index (χ4n) is 4.30. The molecule has 1 aromatic heterocycles. The highest BCUT2D eigenvalue weighted by atomic mass is 15.3. The Balaban J connectivity index is 1.48. The molecule has 3 fully saturated rings. The molecule has 116 valence electrons. The molecule has 4 heteroatoms. The van der Waals surface area contributed by atoms with Crippen LogP contribution in [0, 0.1) is 11.8 Å². The Morgan fingerprint density at radius 1 is 1.19 bits per heavy atom. The molecular weight excluding hydrogens is 260 g/mol. The zero-order valence-electron chi connectivity index (χ0n) is 13.6. The van der Waals surface area contributed by atoms with Crippen molar-refractivity contribution in [2.24, 2.45) is 18.9 Å². The second-order valence-electron chi connectivity index (χ2n) is 7.68. The van der Waals surface area contributed by atoms with Crippen molar-refractivity contribution >= 4 is 0 Å². The largest absolute Gasteiger partial charge is 0.305 e. The van der Waals surface area contributed by atoms with Crippen molar-refractivity contribution in [3.05, 3.63) is 17.5 Å². The van der Waals surface area contributed by atoms with E-state index >= 15 is 0 Å². The van der Waals surface area contributed by atoms with Gasteiger partial charge in [-0.1, -0.05) is 0 Å². The summed E-state index contributed by atoms with van der Waals surface area (Å²) in [5, 5.41) is 4.52. The van der Waals surface area contributed by atoms with E-state index in [9.17, 15) is 0 Å². The number of aromatic nitrogens is 2. The summed E-state index contributed by atoms with van der Waals surface area (Å²) in [6.07, 6.45) is 7.75. The molecule has 1 aromatic rings. The Bertz CT molecular complexity index is 503. The van der Waals surface area contributed by atoms with Gasteiger partial charge in [-0.15, -0.1) is 0 Å². The highest BCUT2D eigenvalue weighted by molar-refractivity contribution is 5.25. The minimum absolute atomic E-state index is 0.749. The first kappa shape index (κ1) is 13.8. The zero-order valence-corrected chi connectivity index (χ0v) is 13.6. The molecule has 4 nitrogen and oxygen atoms in total. The van der Waals surface area contributed by atoms with Crippen molar-refractivity contribution in [3.63, 3.8) is 0 Å². The summed E-state index contributed by atoms with van der Waals surface area (Å²) in [6, 6.07) is 0.749. The fraction of sp³-hybridized carbons (Fsp3) is 0.824. The summed E-state index contributed by atoms with van der Waals surface area (Å²) in [4.78, 5) is 5.13. The van der Waals surface area contributed by atoms with Gasteiger partial charge in [-0.25, -0.2) is 0 Å². The molecule has 4 rings (SSSR count). The van der Waals surface area contributed by atoms with Gasteiger partial charge in [0.05, 0.1) is 6.20 Å². The molecule has 2 aliphatic carbocycles. The van der Waals surface area contributed by atoms with Crippen LogP contribution in [0.2, 0.25) is 0 Å². The van der Waals surface area contributed by atoms with Gasteiger partial charge in [0.2, 0.25) is 0 Å². The number of hydrogen-bond acceptors (Lipinski definition) is 3. The Hall–Kier alpha value is -0.870. The van der Waals surface area contributed by atoms with Gasteiger partial charge in [0.15, 0.2) is 0 Å². The maximum atomic E-state index is 4.52. The van der Waals surface area contributed by atoms with Crippen LogP contribution in [-0.4, -0.2) is 52.8 Å². The van der Waals surface area contributed by atoms with Gasteiger partial charge in [-0.05, 0) is 51.6 Å². The van der Waals surface area contributed by atoms with Crippen LogP contribution in [0.25, 0.3) is 0 Å². The highest BCUT2D eigenvalue weighted by Gasteiger charge is 2.43. The number of nitrogens with zero attached hydrogens (tertiary/aromatic N) is 4. The zero-order chi connectivity index (χ0) is 14.6. The van der Waals surface area contributed by atoms with Gasteiger partial charge >= 0.3 is 0 Å². The first-order valence-corrected chi connectivity index (χ1v) is 8.53. The van der Waals surface area contributed by atoms with E-state index in [0.717, 1.165) is 30.3 Å². The summed E-state index contributed by atoms with van der Waals surface area (Å²) >= 11 is 0. The lowest BCUT2D eigenvalue weighted by atomic mass is 9.97. The number of aryl methyl sites for hydroxylation is 1. The standard InChI is InChI=1S/C17H28N4/c1-19(2)16-11-21(10-15(16)12-4-5-12)9-14-8-18-20(3)17(14)13-6-7-13/h8,12-13,15-16H,4-7,9-11H2,1-3H3. The normalized spacial score (nSPS) is 30.5. The third-order valence-corrected chi connectivity index (χ3v) is 5.72. The minimum Gasteiger partial charge on any atom is -0.305 e. The predicted molar refractivity (Wildman–Crippen MR) is 84.1 cm³/mol. The molecule has 0 amide bonds. The minimum atomic E-state index is 0.749. The molecule has 3 aliphatic rings. The summed E-state index contributed by atoms with van der Waals surface area (Å²) in [5.74, 6) is 2.68. The average molecular weight is 288 g/mol. The highest BCUT2D eigenvalue weighted by Crippen LogP contribution is 2.44. The molecule has 2 heterocycles. The maximum absolute atomic E-state index is 4.52. The van der Waals surface area contributed by atoms with Crippen molar-refractivity contribution in [1.82, 2.24) is 19.6 Å². The number of rotatable bonds is 5. The molecule has 0 spiro atoms. The fourth-order valence-corrected chi connectivity index (χ4v) is 4.30. The third-order valence-electron chi connectivity index (χ3n) is 5.72. The molecule has 2 unspecified atom stereocenters. The first-order chi connectivity index (χ1) is 10.1. The second-order valence-corrected chi connectivity index (χ2v) is 7.68. The molecule has 0 N–H and O–H groups in total. The van der Waals surface area contributed by atoms with Crippen LogP contribution in [0.15, 0.2) is 6.20 Å². The van der Waals surface area contributed by atoms with E-state index in [1.165, 1.54) is 50.0 Å². The van der Waals surface area contributed by atoms with Crippen molar-refractivity contribution in [3.8, 4) is 0 Å². The van der Waals surface area contributed by atoms with E-state index in [-0.39, 0.29) is 0 Å². The van der Waals surface area contributed by atoms with Crippen molar-refractivity contribution in [2.45, 2.75) is 44.2 Å². The van der Waals surface area contributed by atoms with Crippen LogP contribution >= 0.6 is 0 Å². The molecule has 0 radical (unpaired) electrons. The van der Waals surface area contributed by atoms with Crippen LogP contribution in [0.5, 0.6) is 0 Å². The summed E-state index contributed by atoms with van der Waals surface area (Å²) in [7, 11) is 6.61. The summed E-state index contributed by atoms with van der Waals surface area (Å²) in [6.45, 7) is 3.62. The van der Waals surface area contributed by atoms with Gasteiger partial charge in [-0.2, -0.15) is 5.10 Å². The van der Waals surface area contributed by atoms with Crippen LogP contribution in [-0.2, 0) is 13.6 Å². The number of likely N-dealkylation sites (N-methyl/N-ethyl adjacent to an activating group) is 1. The Kier molecular flexibility index (Phi) is 3.34. The van der Waals surface area contributed by atoms with E-state index in [2.05, 4.69) is 46.9 Å². The molecule has 0 bridgehead atoms. The molecule has 21 heavy (non-hydrogen) atoms. The summed E-state index contributed by atoms with van der Waals surface area (Å²) in [5.41, 5.74) is 2.99. The van der Waals surface area contributed by atoms with Gasteiger partial charge in [0.1, 0.15) is 0 Å². The first-order valence-electron chi connectivity index (χ1n) is 8.53. The molecule has 1 aliphatic heterocycles. The average Bonchev–Trinajstić information content (AvgIpc) is 3.36. The predicted octanol–water partition coefficient (Wildman–Crippen LogP) is 2.07. The van der Waals surface area contributed by atoms with Crippen molar-refractivity contribution in [2.75, 3.05) is 27.2 Å². The van der Waals surface area contributed by atoms with Crippen molar-refractivity contribution in [1.29, 1.82) is 0 Å². The van der Waals surface area contributed by atoms with Crippen LogP contribution in [0.3, 0.4) is 0 Å².